The van der Waals surface area contributed by atoms with Gasteiger partial charge >= 0.3 is 0 Å². The zero-order valence-electron chi connectivity index (χ0n) is 17.0. The number of rotatable bonds is 4. The lowest BCUT2D eigenvalue weighted by Crippen LogP contribution is -2.14. The molecular weight excluding hydrogens is 495 g/mol. The standard InChI is InChI=1S/C25H19BrCl2N2O/c1-3-15-4-10-22-18(12-15)19(13-23(29-22)16-5-7-17(27)8-6-16)25(31)30-21-11-9-20(26)24(28)14(21)2/h4-13H,3H2,1-2H3,(H,30,31). The van der Waals surface area contributed by atoms with Crippen LogP contribution in [-0.2, 0) is 6.42 Å². The number of aryl methyl sites for hydroxylation is 1. The maximum atomic E-state index is 13.4. The number of halogens is 3. The van der Waals surface area contributed by atoms with Crippen LogP contribution < -0.4 is 5.32 Å². The molecular formula is C25H19BrCl2N2O. The van der Waals surface area contributed by atoms with Gasteiger partial charge < -0.3 is 5.32 Å². The van der Waals surface area contributed by atoms with Crippen molar-refractivity contribution in [2.75, 3.05) is 5.32 Å². The minimum absolute atomic E-state index is 0.211. The summed E-state index contributed by atoms with van der Waals surface area (Å²) in [6, 6.07) is 19.0. The van der Waals surface area contributed by atoms with Crippen molar-refractivity contribution in [2.24, 2.45) is 0 Å². The lowest BCUT2D eigenvalue weighted by atomic mass is 10.0. The van der Waals surface area contributed by atoms with Gasteiger partial charge in [0.1, 0.15) is 0 Å². The molecule has 1 amide bonds. The van der Waals surface area contributed by atoms with E-state index in [1.54, 1.807) is 0 Å². The second kappa shape index (κ2) is 8.99. The number of amides is 1. The number of hydrogen-bond donors (Lipinski definition) is 1. The summed E-state index contributed by atoms with van der Waals surface area (Å²) in [5, 5.41) is 5.06. The van der Waals surface area contributed by atoms with Crippen molar-refractivity contribution in [3.05, 3.63) is 91.9 Å². The predicted octanol–water partition coefficient (Wildman–Crippen LogP) is 8.09. The van der Waals surface area contributed by atoms with Gasteiger partial charge in [-0.05, 0) is 82.9 Å². The van der Waals surface area contributed by atoms with Crippen LogP contribution in [0.2, 0.25) is 10.0 Å². The number of carbonyl (C=O) groups is 1. The maximum Gasteiger partial charge on any atom is 0.256 e. The van der Waals surface area contributed by atoms with Gasteiger partial charge in [0.15, 0.2) is 0 Å². The Morgan fingerprint density at radius 1 is 1.03 bits per heavy atom. The van der Waals surface area contributed by atoms with Gasteiger partial charge in [-0.2, -0.15) is 0 Å². The highest BCUT2D eigenvalue weighted by molar-refractivity contribution is 9.10. The fourth-order valence-electron chi connectivity index (χ4n) is 3.43. The van der Waals surface area contributed by atoms with Gasteiger partial charge in [-0.1, -0.05) is 48.3 Å². The summed E-state index contributed by atoms with van der Waals surface area (Å²) in [5.41, 5.74) is 5.54. The van der Waals surface area contributed by atoms with Gasteiger partial charge in [-0.15, -0.1) is 0 Å². The molecule has 4 aromatic rings. The van der Waals surface area contributed by atoms with Crippen molar-refractivity contribution in [3.8, 4) is 11.3 Å². The first kappa shape index (κ1) is 21.8. The molecule has 4 rings (SSSR count). The molecule has 0 radical (unpaired) electrons. The number of hydrogen-bond acceptors (Lipinski definition) is 2. The zero-order chi connectivity index (χ0) is 22.1. The highest BCUT2D eigenvalue weighted by atomic mass is 79.9. The van der Waals surface area contributed by atoms with Crippen LogP contribution in [0.3, 0.4) is 0 Å². The number of nitrogens with zero attached hydrogens (tertiary/aromatic N) is 1. The minimum Gasteiger partial charge on any atom is -0.322 e. The van der Waals surface area contributed by atoms with E-state index < -0.39 is 0 Å². The molecule has 0 aliphatic rings. The molecule has 3 aromatic carbocycles. The summed E-state index contributed by atoms with van der Waals surface area (Å²) in [6.07, 6.45) is 0.872. The Hall–Kier alpha value is -2.40. The van der Waals surface area contributed by atoms with E-state index in [1.807, 2.05) is 67.6 Å². The van der Waals surface area contributed by atoms with E-state index >= 15 is 0 Å². The average Bonchev–Trinajstić information content (AvgIpc) is 2.78. The molecule has 0 spiro atoms. The molecule has 0 fully saturated rings. The van der Waals surface area contributed by atoms with Gasteiger partial charge in [0, 0.05) is 26.1 Å². The summed E-state index contributed by atoms with van der Waals surface area (Å²) in [7, 11) is 0. The number of anilines is 1. The van der Waals surface area contributed by atoms with Crippen LogP contribution in [0.15, 0.2) is 65.1 Å². The summed E-state index contributed by atoms with van der Waals surface area (Å²) in [6.45, 7) is 3.96. The highest BCUT2D eigenvalue weighted by Gasteiger charge is 2.17. The van der Waals surface area contributed by atoms with Crippen LogP contribution in [0, 0.1) is 6.92 Å². The first-order valence-electron chi connectivity index (χ1n) is 9.83. The first-order valence-corrected chi connectivity index (χ1v) is 11.4. The quantitative estimate of drug-likeness (QED) is 0.299. The smallest absolute Gasteiger partial charge is 0.256 e. The molecule has 0 bridgehead atoms. The Morgan fingerprint density at radius 3 is 2.48 bits per heavy atom. The Labute approximate surface area is 199 Å². The second-order valence-corrected chi connectivity index (χ2v) is 8.92. The number of pyridine rings is 1. The van der Waals surface area contributed by atoms with E-state index in [9.17, 15) is 4.79 Å². The van der Waals surface area contributed by atoms with Gasteiger partial charge in [0.2, 0.25) is 0 Å². The Morgan fingerprint density at radius 2 is 1.77 bits per heavy atom. The Balaban J connectivity index is 1.85. The van der Waals surface area contributed by atoms with Gasteiger partial charge in [-0.3, -0.25) is 4.79 Å². The van der Waals surface area contributed by atoms with Crippen LogP contribution in [-0.4, -0.2) is 10.9 Å². The highest BCUT2D eigenvalue weighted by Crippen LogP contribution is 2.32. The van der Waals surface area contributed by atoms with Crippen molar-refractivity contribution in [1.29, 1.82) is 0 Å². The molecule has 6 heteroatoms. The minimum atomic E-state index is -0.211. The van der Waals surface area contributed by atoms with Crippen molar-refractivity contribution in [3.63, 3.8) is 0 Å². The molecule has 0 aliphatic carbocycles. The molecule has 31 heavy (non-hydrogen) atoms. The number of fused-ring (bicyclic) bond motifs is 1. The molecule has 0 saturated heterocycles. The summed E-state index contributed by atoms with van der Waals surface area (Å²) in [4.78, 5) is 18.2. The average molecular weight is 514 g/mol. The lowest BCUT2D eigenvalue weighted by Gasteiger charge is -2.14. The monoisotopic (exact) mass is 512 g/mol. The first-order chi connectivity index (χ1) is 14.9. The van der Waals surface area contributed by atoms with Crippen LogP contribution in [0.25, 0.3) is 22.2 Å². The normalized spacial score (nSPS) is 11.0. The SMILES string of the molecule is CCc1ccc2nc(-c3ccc(Cl)cc3)cc(C(=O)Nc3ccc(Br)c(Cl)c3C)c2c1. The number of carbonyl (C=O) groups excluding carboxylic acids is 1. The van der Waals surface area contributed by atoms with Crippen LogP contribution in [0.5, 0.6) is 0 Å². The van der Waals surface area contributed by atoms with E-state index in [2.05, 4.69) is 28.2 Å². The van der Waals surface area contributed by atoms with Crippen LogP contribution in [0.1, 0.15) is 28.4 Å². The van der Waals surface area contributed by atoms with Crippen molar-refractivity contribution >= 4 is 61.6 Å². The van der Waals surface area contributed by atoms with Crippen molar-refractivity contribution < 1.29 is 4.79 Å². The Bertz CT molecular complexity index is 1300. The summed E-state index contributed by atoms with van der Waals surface area (Å²) >= 11 is 15.8. The molecule has 0 aliphatic heterocycles. The van der Waals surface area contributed by atoms with E-state index in [0.717, 1.165) is 38.5 Å². The van der Waals surface area contributed by atoms with Crippen molar-refractivity contribution in [1.82, 2.24) is 4.98 Å². The number of aromatic nitrogens is 1. The fourth-order valence-corrected chi connectivity index (χ4v) is 4.15. The van der Waals surface area contributed by atoms with Crippen LogP contribution >= 0.6 is 39.1 Å². The second-order valence-electron chi connectivity index (χ2n) is 7.26. The molecule has 1 heterocycles. The van der Waals surface area contributed by atoms with E-state index in [-0.39, 0.29) is 5.91 Å². The fraction of sp³-hybridized carbons (Fsp3) is 0.120. The topological polar surface area (TPSA) is 42.0 Å². The van der Waals surface area contributed by atoms with Gasteiger partial charge in [0.05, 0.1) is 21.8 Å². The lowest BCUT2D eigenvalue weighted by molar-refractivity contribution is 0.102. The van der Waals surface area contributed by atoms with E-state index in [1.165, 1.54) is 0 Å². The molecule has 156 valence electrons. The molecule has 1 N–H and O–H groups in total. The molecule has 0 saturated carbocycles. The number of benzene rings is 3. The zero-order valence-corrected chi connectivity index (χ0v) is 20.1. The summed E-state index contributed by atoms with van der Waals surface area (Å²) in [5.74, 6) is -0.211. The third-order valence-corrected chi connectivity index (χ3v) is 6.88. The van der Waals surface area contributed by atoms with Gasteiger partial charge in [-0.25, -0.2) is 4.98 Å². The van der Waals surface area contributed by atoms with Crippen LogP contribution in [0.4, 0.5) is 5.69 Å². The molecule has 1 aromatic heterocycles. The van der Waals surface area contributed by atoms with Gasteiger partial charge in [0.25, 0.3) is 5.91 Å². The number of nitrogens with one attached hydrogen (secondary N) is 1. The van der Waals surface area contributed by atoms with E-state index in [4.69, 9.17) is 28.2 Å². The molecule has 3 nitrogen and oxygen atoms in total. The third-order valence-electron chi connectivity index (χ3n) is 5.25. The maximum absolute atomic E-state index is 13.4. The molecule has 0 atom stereocenters. The Kier molecular flexibility index (Phi) is 6.33. The largest absolute Gasteiger partial charge is 0.322 e. The predicted molar refractivity (Wildman–Crippen MR) is 133 cm³/mol. The molecule has 0 unspecified atom stereocenters. The third kappa shape index (κ3) is 4.47. The van der Waals surface area contributed by atoms with E-state index in [0.29, 0.717) is 27.0 Å². The summed E-state index contributed by atoms with van der Waals surface area (Å²) < 4.78 is 0.789. The van der Waals surface area contributed by atoms with Crippen molar-refractivity contribution in [2.45, 2.75) is 20.3 Å².